The molecule has 0 bridgehead atoms. The molecule has 0 saturated heterocycles. The lowest BCUT2D eigenvalue weighted by atomic mass is 9.83. The van der Waals surface area contributed by atoms with Crippen LogP contribution in [0.2, 0.25) is 0 Å². The third-order valence-electron chi connectivity index (χ3n) is 5.04. The number of hydrogen-bond acceptors (Lipinski definition) is 2. The zero-order valence-electron chi connectivity index (χ0n) is 13.3. The highest BCUT2D eigenvalue weighted by molar-refractivity contribution is 4.85. The van der Waals surface area contributed by atoms with Gasteiger partial charge in [0.15, 0.2) is 0 Å². The van der Waals surface area contributed by atoms with Crippen molar-refractivity contribution in [3.8, 4) is 0 Å². The molecule has 2 aliphatic rings. The van der Waals surface area contributed by atoms with Gasteiger partial charge >= 0.3 is 0 Å². The van der Waals surface area contributed by atoms with Gasteiger partial charge in [-0.1, -0.05) is 26.2 Å². The summed E-state index contributed by atoms with van der Waals surface area (Å²) < 4.78 is 0. The predicted molar refractivity (Wildman–Crippen MR) is 83.5 cm³/mol. The molecule has 0 amide bonds. The molecule has 2 aliphatic carbocycles. The van der Waals surface area contributed by atoms with Crippen molar-refractivity contribution in [2.24, 2.45) is 11.8 Å². The fourth-order valence-corrected chi connectivity index (χ4v) is 3.56. The zero-order chi connectivity index (χ0) is 13.7. The molecular formula is C17H34N2. The largest absolute Gasteiger partial charge is 0.313 e. The van der Waals surface area contributed by atoms with Crippen LogP contribution in [-0.2, 0) is 0 Å². The molecule has 1 N–H and O–H groups in total. The molecule has 2 fully saturated rings. The Kier molecular flexibility index (Phi) is 6.15. The van der Waals surface area contributed by atoms with E-state index in [0.29, 0.717) is 6.04 Å². The number of nitrogens with one attached hydrogen (secondary N) is 1. The van der Waals surface area contributed by atoms with E-state index in [1.165, 1.54) is 58.0 Å². The molecule has 0 aromatic carbocycles. The highest BCUT2D eigenvalue weighted by atomic mass is 15.2. The number of nitrogens with zero attached hydrogens (tertiary/aromatic N) is 1. The van der Waals surface area contributed by atoms with Crippen molar-refractivity contribution in [2.75, 3.05) is 19.6 Å². The highest BCUT2D eigenvalue weighted by Gasteiger charge is 2.29. The molecule has 2 heteroatoms. The first-order valence-corrected chi connectivity index (χ1v) is 8.68. The van der Waals surface area contributed by atoms with Gasteiger partial charge in [-0.15, -0.1) is 0 Å². The van der Waals surface area contributed by atoms with Crippen molar-refractivity contribution in [1.29, 1.82) is 0 Å². The van der Waals surface area contributed by atoms with Crippen LogP contribution in [0.5, 0.6) is 0 Å². The summed E-state index contributed by atoms with van der Waals surface area (Å²) >= 11 is 0. The second kappa shape index (κ2) is 7.64. The van der Waals surface area contributed by atoms with Crippen LogP contribution in [0.25, 0.3) is 0 Å². The van der Waals surface area contributed by atoms with Gasteiger partial charge in [0, 0.05) is 25.2 Å². The van der Waals surface area contributed by atoms with E-state index in [0.717, 1.165) is 24.4 Å². The van der Waals surface area contributed by atoms with Gasteiger partial charge < -0.3 is 5.32 Å². The van der Waals surface area contributed by atoms with Crippen molar-refractivity contribution in [3.05, 3.63) is 0 Å². The molecule has 0 aliphatic heterocycles. The van der Waals surface area contributed by atoms with Crippen molar-refractivity contribution >= 4 is 0 Å². The SMILES string of the molecule is CCNC(CN(CC1CC1)C(C)C)C1CCCCC1. The van der Waals surface area contributed by atoms with E-state index in [2.05, 4.69) is 31.0 Å². The Bertz CT molecular complexity index is 242. The lowest BCUT2D eigenvalue weighted by Crippen LogP contribution is -2.48. The van der Waals surface area contributed by atoms with E-state index in [1.807, 2.05) is 0 Å². The lowest BCUT2D eigenvalue weighted by molar-refractivity contribution is 0.152. The summed E-state index contributed by atoms with van der Waals surface area (Å²) in [5.74, 6) is 1.94. The second-order valence-corrected chi connectivity index (χ2v) is 7.05. The van der Waals surface area contributed by atoms with Crippen molar-refractivity contribution in [2.45, 2.75) is 77.8 Å². The molecule has 2 saturated carbocycles. The highest BCUT2D eigenvalue weighted by Crippen LogP contribution is 2.31. The van der Waals surface area contributed by atoms with Gasteiger partial charge in [-0.25, -0.2) is 0 Å². The van der Waals surface area contributed by atoms with Crippen LogP contribution in [0.3, 0.4) is 0 Å². The maximum Gasteiger partial charge on any atom is 0.0223 e. The van der Waals surface area contributed by atoms with Crippen LogP contribution in [0.1, 0.15) is 65.7 Å². The number of likely N-dealkylation sites (N-methyl/N-ethyl adjacent to an activating group) is 1. The third kappa shape index (κ3) is 5.07. The molecule has 0 aromatic heterocycles. The molecular weight excluding hydrogens is 232 g/mol. The topological polar surface area (TPSA) is 15.3 Å². The Balaban J connectivity index is 1.88. The monoisotopic (exact) mass is 266 g/mol. The summed E-state index contributed by atoms with van der Waals surface area (Å²) in [7, 11) is 0. The van der Waals surface area contributed by atoms with E-state index in [4.69, 9.17) is 0 Å². The molecule has 1 atom stereocenters. The molecule has 0 radical (unpaired) electrons. The fourth-order valence-electron chi connectivity index (χ4n) is 3.56. The van der Waals surface area contributed by atoms with Gasteiger partial charge in [0.1, 0.15) is 0 Å². The van der Waals surface area contributed by atoms with E-state index in [9.17, 15) is 0 Å². The molecule has 2 nitrogen and oxygen atoms in total. The van der Waals surface area contributed by atoms with E-state index in [-0.39, 0.29) is 0 Å². The second-order valence-electron chi connectivity index (χ2n) is 7.05. The first-order valence-electron chi connectivity index (χ1n) is 8.68. The van der Waals surface area contributed by atoms with Crippen molar-refractivity contribution in [3.63, 3.8) is 0 Å². The quantitative estimate of drug-likeness (QED) is 0.721. The van der Waals surface area contributed by atoms with Crippen LogP contribution in [0.4, 0.5) is 0 Å². The van der Waals surface area contributed by atoms with E-state index >= 15 is 0 Å². The molecule has 0 spiro atoms. The van der Waals surface area contributed by atoms with Crippen LogP contribution in [0.15, 0.2) is 0 Å². The molecule has 112 valence electrons. The number of hydrogen-bond donors (Lipinski definition) is 1. The Morgan fingerprint density at radius 3 is 2.26 bits per heavy atom. The summed E-state index contributed by atoms with van der Waals surface area (Å²) in [6.45, 7) is 10.7. The first kappa shape index (κ1) is 15.3. The molecule has 0 heterocycles. The minimum atomic E-state index is 0.699. The summed E-state index contributed by atoms with van der Waals surface area (Å²) in [5, 5.41) is 3.79. The number of rotatable bonds is 8. The maximum atomic E-state index is 3.79. The molecule has 1 unspecified atom stereocenters. The Hall–Kier alpha value is -0.0800. The normalized spacial score (nSPS) is 23.2. The van der Waals surface area contributed by atoms with Gasteiger partial charge in [-0.2, -0.15) is 0 Å². The minimum absolute atomic E-state index is 0.699. The fraction of sp³-hybridized carbons (Fsp3) is 1.00. The molecule has 2 rings (SSSR count). The zero-order valence-corrected chi connectivity index (χ0v) is 13.3. The summed E-state index contributed by atoms with van der Waals surface area (Å²) in [6.07, 6.45) is 10.2. The standard InChI is InChI=1S/C17H34N2/c1-4-18-17(16-8-6-5-7-9-16)13-19(14(2)3)12-15-10-11-15/h14-18H,4-13H2,1-3H3. The van der Waals surface area contributed by atoms with Gasteiger partial charge in [0.05, 0.1) is 0 Å². The Labute approximate surface area is 120 Å². The van der Waals surface area contributed by atoms with Crippen molar-refractivity contribution in [1.82, 2.24) is 10.2 Å². The average molecular weight is 266 g/mol. The van der Waals surface area contributed by atoms with Gasteiger partial charge in [-0.3, -0.25) is 4.90 Å². The van der Waals surface area contributed by atoms with Gasteiger partial charge in [0.2, 0.25) is 0 Å². The van der Waals surface area contributed by atoms with Crippen LogP contribution in [0, 0.1) is 11.8 Å². The Morgan fingerprint density at radius 1 is 1.05 bits per heavy atom. The lowest BCUT2D eigenvalue weighted by Gasteiger charge is -2.36. The average Bonchev–Trinajstić information content (AvgIpc) is 3.22. The van der Waals surface area contributed by atoms with Crippen LogP contribution in [-0.4, -0.2) is 36.6 Å². The third-order valence-corrected chi connectivity index (χ3v) is 5.04. The summed E-state index contributed by atoms with van der Waals surface area (Å²) in [5.41, 5.74) is 0. The first-order chi connectivity index (χ1) is 9.20. The Morgan fingerprint density at radius 2 is 1.74 bits per heavy atom. The van der Waals surface area contributed by atoms with Crippen molar-refractivity contribution < 1.29 is 0 Å². The van der Waals surface area contributed by atoms with Gasteiger partial charge in [0.25, 0.3) is 0 Å². The van der Waals surface area contributed by atoms with Crippen LogP contribution < -0.4 is 5.32 Å². The van der Waals surface area contributed by atoms with Crippen LogP contribution >= 0.6 is 0 Å². The van der Waals surface area contributed by atoms with E-state index in [1.54, 1.807) is 0 Å². The summed E-state index contributed by atoms with van der Waals surface area (Å²) in [4.78, 5) is 2.74. The van der Waals surface area contributed by atoms with E-state index < -0.39 is 0 Å². The smallest absolute Gasteiger partial charge is 0.0223 e. The predicted octanol–water partition coefficient (Wildman–Crippen LogP) is 3.67. The minimum Gasteiger partial charge on any atom is -0.313 e. The summed E-state index contributed by atoms with van der Waals surface area (Å²) in [6, 6.07) is 1.43. The van der Waals surface area contributed by atoms with Gasteiger partial charge in [-0.05, 0) is 57.9 Å². The molecule has 0 aromatic rings. The molecule has 19 heavy (non-hydrogen) atoms. The maximum absolute atomic E-state index is 3.79.